The van der Waals surface area contributed by atoms with Gasteiger partial charge in [-0.15, -0.1) is 0 Å². The van der Waals surface area contributed by atoms with E-state index in [1.165, 1.54) is 25.3 Å². The number of hydrogen-bond acceptors (Lipinski definition) is 4. The van der Waals surface area contributed by atoms with Crippen LogP contribution in [0.25, 0.3) is 0 Å². The Balaban J connectivity index is 3.02. The van der Waals surface area contributed by atoms with E-state index in [0.717, 1.165) is 0 Å². The Labute approximate surface area is 81.1 Å². The van der Waals surface area contributed by atoms with Gasteiger partial charge in [-0.25, -0.2) is 0 Å². The van der Waals surface area contributed by atoms with Gasteiger partial charge in [-0.05, 0) is 17.6 Å². The predicted octanol–water partition coefficient (Wildman–Crippen LogP) is -0.616. The normalized spacial score (nSPS) is 13.9. The third-order valence-corrected chi connectivity index (χ3v) is 1.60. The fourth-order valence-electron chi connectivity index (χ4n) is 0.929. The van der Waals surface area contributed by atoms with Gasteiger partial charge in [-0.1, -0.05) is 6.07 Å². The molecule has 0 spiro atoms. The summed E-state index contributed by atoms with van der Waals surface area (Å²) in [6.45, 7) is 0. The summed E-state index contributed by atoms with van der Waals surface area (Å²) in [5.74, 6) is 0.147. The molecule has 0 saturated carbocycles. The van der Waals surface area contributed by atoms with E-state index in [0.29, 0.717) is 0 Å². The molecule has 0 unspecified atom stereocenters. The molecule has 1 rings (SSSR count). The van der Waals surface area contributed by atoms with Gasteiger partial charge in [0, 0.05) is 0 Å². The second-order valence-electron chi connectivity index (χ2n) is 2.39. The lowest BCUT2D eigenvalue weighted by molar-refractivity contribution is 0.355. The first-order valence-electron chi connectivity index (χ1n) is 5.06. The molecule has 0 bridgehead atoms. The summed E-state index contributed by atoms with van der Waals surface area (Å²) in [6, 6.07) is 3.94. The lowest BCUT2D eigenvalue weighted by Gasteiger charge is -2.08. The highest BCUT2D eigenvalue weighted by molar-refractivity contribution is 6.58. The van der Waals surface area contributed by atoms with Crippen LogP contribution in [0.1, 0.15) is 4.11 Å². The Hall–Kier alpha value is -1.20. The zero-order valence-corrected chi connectivity index (χ0v) is 7.02. The highest BCUT2D eigenvalue weighted by Crippen LogP contribution is 2.24. The number of methoxy groups -OCH3 is 2. The van der Waals surface area contributed by atoms with Crippen LogP contribution >= 0.6 is 0 Å². The fraction of sp³-hybridized carbons (Fsp3) is 0.250. The molecule has 0 aliphatic heterocycles. The molecule has 0 aliphatic rings. The van der Waals surface area contributed by atoms with Crippen molar-refractivity contribution in [2.45, 2.75) is 0 Å². The third kappa shape index (κ3) is 2.14. The molecule has 0 aromatic heterocycles. The van der Waals surface area contributed by atoms with Gasteiger partial charge in [0.05, 0.1) is 18.3 Å². The largest absolute Gasteiger partial charge is 0.493 e. The van der Waals surface area contributed by atoms with E-state index in [1.807, 2.05) is 0 Å². The van der Waals surface area contributed by atoms with Crippen LogP contribution in [0.15, 0.2) is 18.2 Å². The van der Waals surface area contributed by atoms with Crippen LogP contribution in [-0.4, -0.2) is 31.3 Å². The molecule has 4 nitrogen and oxygen atoms in total. The third-order valence-electron chi connectivity index (χ3n) is 1.60. The van der Waals surface area contributed by atoms with Crippen LogP contribution in [0.4, 0.5) is 0 Å². The lowest BCUT2D eigenvalue weighted by atomic mass is 9.80. The van der Waals surface area contributed by atoms with Gasteiger partial charge < -0.3 is 19.5 Å². The zero-order chi connectivity index (χ0) is 12.3. The van der Waals surface area contributed by atoms with E-state index < -0.39 is 14.2 Å². The molecule has 13 heavy (non-hydrogen) atoms. The SMILES string of the molecule is [2H]C([2H])([2H])Oc1ccc(B(O)O)cc1OC. The van der Waals surface area contributed by atoms with Gasteiger partial charge in [0.25, 0.3) is 0 Å². The number of hydrogen-bond donors (Lipinski definition) is 2. The second-order valence-corrected chi connectivity index (χ2v) is 2.39. The minimum atomic E-state index is -2.58. The van der Waals surface area contributed by atoms with E-state index in [1.54, 1.807) is 0 Å². The summed E-state index contributed by atoms with van der Waals surface area (Å²) in [6.07, 6.45) is 0. The molecule has 0 heterocycles. The summed E-state index contributed by atoms with van der Waals surface area (Å²) < 4.78 is 30.4. The summed E-state index contributed by atoms with van der Waals surface area (Å²) >= 11 is 0. The molecule has 1 aromatic carbocycles. The van der Waals surface area contributed by atoms with E-state index in [4.69, 9.17) is 18.9 Å². The Bertz CT molecular complexity index is 367. The highest BCUT2D eigenvalue weighted by atomic mass is 16.5. The number of ether oxygens (including phenoxy) is 2. The first kappa shape index (κ1) is 6.29. The topological polar surface area (TPSA) is 58.9 Å². The molecule has 70 valence electrons. The van der Waals surface area contributed by atoms with Crippen LogP contribution in [-0.2, 0) is 0 Å². The van der Waals surface area contributed by atoms with Gasteiger partial charge >= 0.3 is 7.12 Å². The molecule has 0 atom stereocenters. The first-order chi connectivity index (χ1) is 7.33. The van der Waals surface area contributed by atoms with Gasteiger partial charge in [-0.3, -0.25) is 0 Å². The van der Waals surface area contributed by atoms with E-state index in [-0.39, 0.29) is 17.0 Å². The maximum Gasteiger partial charge on any atom is 0.488 e. The van der Waals surface area contributed by atoms with Crippen molar-refractivity contribution in [1.29, 1.82) is 0 Å². The average molecular weight is 185 g/mol. The van der Waals surface area contributed by atoms with Crippen molar-refractivity contribution in [2.24, 2.45) is 0 Å². The molecular weight excluding hydrogens is 171 g/mol. The molecule has 0 radical (unpaired) electrons. The molecule has 2 N–H and O–H groups in total. The molecule has 0 amide bonds. The Morgan fingerprint density at radius 2 is 2.08 bits per heavy atom. The first-order valence-corrected chi connectivity index (χ1v) is 3.56. The van der Waals surface area contributed by atoms with Crippen LogP contribution in [0, 0.1) is 0 Å². The van der Waals surface area contributed by atoms with Crippen molar-refractivity contribution in [3.8, 4) is 11.5 Å². The molecule has 1 aromatic rings. The van der Waals surface area contributed by atoms with Crippen molar-refractivity contribution in [1.82, 2.24) is 0 Å². The van der Waals surface area contributed by atoms with Gasteiger partial charge in [0.1, 0.15) is 0 Å². The van der Waals surface area contributed by atoms with E-state index in [2.05, 4.69) is 4.74 Å². The minimum Gasteiger partial charge on any atom is -0.493 e. The van der Waals surface area contributed by atoms with E-state index >= 15 is 0 Å². The van der Waals surface area contributed by atoms with Crippen molar-refractivity contribution in [3.05, 3.63) is 18.2 Å². The number of benzene rings is 1. The minimum absolute atomic E-state index is 0.0203. The average Bonchev–Trinajstić information content (AvgIpc) is 2.15. The van der Waals surface area contributed by atoms with Crippen molar-refractivity contribution in [3.63, 3.8) is 0 Å². The maximum atomic E-state index is 8.92. The number of rotatable bonds is 3. The summed E-state index contributed by atoms with van der Waals surface area (Å²) in [5.41, 5.74) is 0.190. The molecule has 5 heteroatoms. The van der Waals surface area contributed by atoms with Gasteiger partial charge in [0.2, 0.25) is 0 Å². The standard InChI is InChI=1S/C8H11BO4/c1-12-7-4-3-6(9(10)11)5-8(7)13-2/h3-5,10-11H,1-2H3/i1D3. The zero-order valence-electron chi connectivity index (χ0n) is 10.0. The van der Waals surface area contributed by atoms with Crippen LogP contribution in [0.2, 0.25) is 0 Å². The summed E-state index contributed by atoms with van der Waals surface area (Å²) in [7, 11) is -2.89. The summed E-state index contributed by atoms with van der Waals surface area (Å²) in [5, 5.41) is 17.8. The molecule has 0 fully saturated rings. The molecular formula is C8H11BO4. The Morgan fingerprint density at radius 1 is 1.31 bits per heavy atom. The van der Waals surface area contributed by atoms with Crippen LogP contribution < -0.4 is 14.9 Å². The summed E-state index contributed by atoms with van der Waals surface area (Å²) in [4.78, 5) is 0. The van der Waals surface area contributed by atoms with Crippen molar-refractivity contribution in [2.75, 3.05) is 14.1 Å². The lowest BCUT2D eigenvalue weighted by Crippen LogP contribution is -2.29. The molecule has 0 saturated heterocycles. The van der Waals surface area contributed by atoms with Gasteiger partial charge in [0.15, 0.2) is 11.5 Å². The van der Waals surface area contributed by atoms with Crippen molar-refractivity contribution < 1.29 is 23.6 Å². The highest BCUT2D eigenvalue weighted by Gasteiger charge is 2.13. The maximum absolute atomic E-state index is 8.92. The van der Waals surface area contributed by atoms with Crippen molar-refractivity contribution >= 4 is 12.6 Å². The van der Waals surface area contributed by atoms with E-state index in [9.17, 15) is 0 Å². The monoisotopic (exact) mass is 185 g/mol. The predicted molar refractivity (Wildman–Crippen MR) is 49.4 cm³/mol. The second kappa shape index (κ2) is 4.16. The molecule has 0 aliphatic carbocycles. The van der Waals surface area contributed by atoms with Gasteiger partial charge in [-0.2, -0.15) is 0 Å². The smallest absolute Gasteiger partial charge is 0.488 e. The Morgan fingerprint density at radius 3 is 2.62 bits per heavy atom. The Kier molecular flexibility index (Phi) is 2.01. The quantitative estimate of drug-likeness (QED) is 0.616. The fourth-order valence-corrected chi connectivity index (χ4v) is 0.929. The van der Waals surface area contributed by atoms with Crippen LogP contribution in [0.3, 0.4) is 0 Å². The van der Waals surface area contributed by atoms with Crippen LogP contribution in [0.5, 0.6) is 11.5 Å².